The molecule has 162 valence electrons. The van der Waals surface area contributed by atoms with Crippen molar-refractivity contribution in [3.63, 3.8) is 0 Å². The molecule has 1 unspecified atom stereocenters. The van der Waals surface area contributed by atoms with Crippen molar-refractivity contribution in [1.29, 1.82) is 0 Å². The van der Waals surface area contributed by atoms with Gasteiger partial charge in [0.15, 0.2) is 0 Å². The van der Waals surface area contributed by atoms with Crippen molar-refractivity contribution in [2.45, 2.75) is 31.4 Å². The fourth-order valence-corrected chi connectivity index (χ4v) is 4.10. The number of hydroxylamine groups is 1. The number of aliphatic hydroxyl groups is 1. The Labute approximate surface area is 181 Å². The van der Waals surface area contributed by atoms with Gasteiger partial charge in [0, 0.05) is 31.3 Å². The molecule has 0 aliphatic carbocycles. The van der Waals surface area contributed by atoms with Gasteiger partial charge >= 0.3 is 0 Å². The van der Waals surface area contributed by atoms with Crippen molar-refractivity contribution in [2.24, 2.45) is 0 Å². The molecule has 1 fully saturated rings. The number of carbonyl (C=O) groups is 2. The molecule has 0 saturated carbocycles. The Balaban J connectivity index is 1.54. The number of piperidine rings is 1. The van der Waals surface area contributed by atoms with E-state index in [1.807, 2.05) is 42.5 Å². The second kappa shape index (κ2) is 9.32. The van der Waals surface area contributed by atoms with Crippen LogP contribution in [0.4, 0.5) is 0 Å². The minimum absolute atomic E-state index is 0.106. The van der Waals surface area contributed by atoms with E-state index in [2.05, 4.69) is 5.48 Å². The number of hydrogen-bond donors (Lipinski definition) is 2. The molecular formula is C24H27N3O4. The largest absolute Gasteiger partial charge is 0.393 e. The summed E-state index contributed by atoms with van der Waals surface area (Å²) in [5.41, 5.74) is 6.05. The van der Waals surface area contributed by atoms with Gasteiger partial charge in [-0.15, -0.1) is 0 Å². The topological polar surface area (TPSA) is 82.1 Å². The quantitative estimate of drug-likeness (QED) is 0.725. The van der Waals surface area contributed by atoms with Crippen LogP contribution in [0.5, 0.6) is 0 Å². The van der Waals surface area contributed by atoms with Crippen molar-refractivity contribution < 1.29 is 19.5 Å². The molecule has 2 aliphatic heterocycles. The third-order valence-electron chi connectivity index (χ3n) is 5.81. The molecule has 4 rings (SSSR count). The van der Waals surface area contributed by atoms with Crippen LogP contribution >= 0.6 is 0 Å². The van der Waals surface area contributed by atoms with Gasteiger partial charge in [-0.05, 0) is 36.1 Å². The van der Waals surface area contributed by atoms with E-state index < -0.39 is 6.04 Å². The van der Waals surface area contributed by atoms with Gasteiger partial charge in [0.25, 0.3) is 5.91 Å². The highest BCUT2D eigenvalue weighted by Crippen LogP contribution is 2.27. The molecular weight excluding hydrogens is 394 g/mol. The zero-order valence-corrected chi connectivity index (χ0v) is 17.5. The highest BCUT2D eigenvalue weighted by molar-refractivity contribution is 5.99. The van der Waals surface area contributed by atoms with E-state index in [4.69, 9.17) is 4.84 Å². The molecule has 2 aromatic carbocycles. The van der Waals surface area contributed by atoms with Crippen molar-refractivity contribution in [2.75, 3.05) is 20.2 Å². The Hall–Kier alpha value is -3.16. The highest BCUT2D eigenvalue weighted by Gasteiger charge is 2.38. The van der Waals surface area contributed by atoms with Crippen LogP contribution < -0.4 is 5.48 Å². The van der Waals surface area contributed by atoms with Crippen LogP contribution in [0.25, 0.3) is 11.1 Å². The normalized spacial score (nSPS) is 19.3. The van der Waals surface area contributed by atoms with E-state index in [0.29, 0.717) is 43.6 Å². The number of aliphatic hydroxyl groups excluding tert-OH is 1. The average molecular weight is 421 g/mol. The molecule has 1 saturated heterocycles. The zero-order valence-electron chi connectivity index (χ0n) is 17.5. The number of hydrogen-bond acceptors (Lipinski definition) is 5. The van der Waals surface area contributed by atoms with Gasteiger partial charge < -0.3 is 14.9 Å². The van der Waals surface area contributed by atoms with Crippen LogP contribution in [0.3, 0.4) is 0 Å². The fraction of sp³-hybridized carbons (Fsp3) is 0.333. The predicted octanol–water partition coefficient (Wildman–Crippen LogP) is 2.54. The summed E-state index contributed by atoms with van der Waals surface area (Å²) in [4.78, 5) is 34.7. The number of amides is 2. The second-order valence-electron chi connectivity index (χ2n) is 7.89. The summed E-state index contributed by atoms with van der Waals surface area (Å²) in [6, 6.07) is 16.7. The highest BCUT2D eigenvalue weighted by atomic mass is 16.6. The first-order valence-corrected chi connectivity index (χ1v) is 10.5. The molecule has 2 aromatic rings. The van der Waals surface area contributed by atoms with Crippen LogP contribution in [0.1, 0.15) is 29.6 Å². The molecule has 2 N–H and O–H groups in total. The van der Waals surface area contributed by atoms with Crippen molar-refractivity contribution >= 4 is 11.8 Å². The summed E-state index contributed by atoms with van der Waals surface area (Å²) in [5.74, 6) is -0.340. The lowest BCUT2D eigenvalue weighted by Gasteiger charge is -2.33. The standard InChI is InChI=1S/C24H27N3O4/c1-31-25-20-15-22(24(30)26-13-11-21(28)12-14-26)27(16-20)23(29)19-9-7-18(8-10-19)17-5-3-2-4-6-17/h2-10,16,21-22,25,28H,11-15H2,1H3. The molecule has 7 nitrogen and oxygen atoms in total. The Morgan fingerprint density at radius 3 is 2.29 bits per heavy atom. The van der Waals surface area contributed by atoms with Gasteiger partial charge in [0.2, 0.25) is 5.91 Å². The molecule has 0 radical (unpaired) electrons. The lowest BCUT2D eigenvalue weighted by atomic mass is 10.0. The van der Waals surface area contributed by atoms with Gasteiger partial charge in [-0.2, -0.15) is 0 Å². The van der Waals surface area contributed by atoms with E-state index in [0.717, 1.165) is 11.1 Å². The number of nitrogens with one attached hydrogen (secondary N) is 1. The number of benzene rings is 2. The van der Waals surface area contributed by atoms with Crippen molar-refractivity contribution in [1.82, 2.24) is 15.3 Å². The Kier molecular flexibility index (Phi) is 6.34. The zero-order chi connectivity index (χ0) is 21.8. The first-order chi connectivity index (χ1) is 15.1. The van der Waals surface area contributed by atoms with Crippen LogP contribution in [-0.2, 0) is 9.63 Å². The number of nitrogens with zero attached hydrogens (tertiary/aromatic N) is 2. The minimum atomic E-state index is -0.630. The van der Waals surface area contributed by atoms with E-state index in [-0.39, 0.29) is 17.9 Å². The lowest BCUT2D eigenvalue weighted by Crippen LogP contribution is -2.50. The summed E-state index contributed by atoms with van der Waals surface area (Å²) in [6.45, 7) is 0.995. The van der Waals surface area contributed by atoms with E-state index in [1.54, 1.807) is 23.2 Å². The van der Waals surface area contributed by atoms with E-state index >= 15 is 0 Å². The van der Waals surface area contributed by atoms with Gasteiger partial charge in [-0.1, -0.05) is 42.5 Å². The smallest absolute Gasteiger partial charge is 0.258 e. The van der Waals surface area contributed by atoms with Crippen molar-refractivity contribution in [3.05, 3.63) is 72.1 Å². The summed E-state index contributed by atoms with van der Waals surface area (Å²) in [6.07, 6.45) is 2.77. The summed E-state index contributed by atoms with van der Waals surface area (Å²) >= 11 is 0. The first kappa shape index (κ1) is 21.1. The molecule has 0 spiro atoms. The molecule has 0 aromatic heterocycles. The van der Waals surface area contributed by atoms with Crippen molar-refractivity contribution in [3.8, 4) is 11.1 Å². The van der Waals surface area contributed by atoms with Gasteiger partial charge in [0.1, 0.15) is 6.04 Å². The van der Waals surface area contributed by atoms with Crippen LogP contribution in [0, 0.1) is 0 Å². The summed E-state index contributed by atoms with van der Waals surface area (Å²) in [5, 5.41) is 9.74. The second-order valence-corrected chi connectivity index (χ2v) is 7.89. The third-order valence-corrected chi connectivity index (χ3v) is 5.81. The third kappa shape index (κ3) is 4.62. The lowest BCUT2D eigenvalue weighted by molar-refractivity contribution is -0.137. The van der Waals surface area contributed by atoms with Gasteiger partial charge in [-0.3, -0.25) is 19.9 Å². The predicted molar refractivity (Wildman–Crippen MR) is 117 cm³/mol. The van der Waals surface area contributed by atoms with E-state index in [9.17, 15) is 14.7 Å². The molecule has 2 aliphatic rings. The Morgan fingerprint density at radius 2 is 1.65 bits per heavy atom. The average Bonchev–Trinajstić information content (AvgIpc) is 3.23. The van der Waals surface area contributed by atoms with Gasteiger partial charge in [0.05, 0.1) is 18.9 Å². The molecule has 2 amide bonds. The molecule has 1 atom stereocenters. The minimum Gasteiger partial charge on any atom is -0.393 e. The van der Waals surface area contributed by atoms with Gasteiger partial charge in [-0.25, -0.2) is 0 Å². The SMILES string of the molecule is CONC1=CN(C(=O)c2ccc(-c3ccccc3)cc2)C(C(=O)N2CCC(O)CC2)C1. The number of carbonyl (C=O) groups excluding carboxylic acids is 2. The molecule has 0 bridgehead atoms. The Morgan fingerprint density at radius 1 is 1.00 bits per heavy atom. The van der Waals surface area contributed by atoms with Crippen LogP contribution in [0.15, 0.2) is 66.5 Å². The molecule has 7 heteroatoms. The maximum atomic E-state index is 13.3. The molecule has 2 heterocycles. The van der Waals surface area contributed by atoms with Crippen LogP contribution in [0.2, 0.25) is 0 Å². The maximum Gasteiger partial charge on any atom is 0.258 e. The number of likely N-dealkylation sites (tertiary alicyclic amines) is 1. The monoisotopic (exact) mass is 421 g/mol. The van der Waals surface area contributed by atoms with E-state index in [1.165, 1.54) is 12.0 Å². The summed E-state index contributed by atoms with van der Waals surface area (Å²) < 4.78 is 0. The maximum absolute atomic E-state index is 13.3. The first-order valence-electron chi connectivity index (χ1n) is 10.5. The molecule has 31 heavy (non-hydrogen) atoms. The Bertz CT molecular complexity index is 951. The fourth-order valence-electron chi connectivity index (χ4n) is 4.10. The number of rotatable bonds is 5. The van der Waals surface area contributed by atoms with Crippen LogP contribution in [-0.4, -0.2) is 59.1 Å². The summed E-state index contributed by atoms with van der Waals surface area (Å²) in [7, 11) is 1.50.